The highest BCUT2D eigenvalue weighted by Crippen LogP contribution is 2.25. The molecule has 1 unspecified atom stereocenters. The van der Waals surface area contributed by atoms with Crippen LogP contribution in [0.3, 0.4) is 0 Å². The van der Waals surface area contributed by atoms with Gasteiger partial charge in [0.1, 0.15) is 5.38 Å². The largest absolute Gasteiger partial charge is 0.385 e. The van der Waals surface area contributed by atoms with E-state index < -0.39 is 5.38 Å². The standard InChI is InChI=1S/C20H24ClN3O5/c1-13(21)17(25)22-7-9-23(10-8-22)18(26)14-4-5-15-16(12-14)20(28)24(19(15)27)6-3-11-29-2/h4-5,12-13H,3,6-11H2,1-2H3. The quantitative estimate of drug-likeness (QED) is 0.391. The Morgan fingerprint density at radius 1 is 1.07 bits per heavy atom. The number of ether oxygens (including phenoxy) is 1. The number of carbonyl (C=O) groups is 4. The van der Waals surface area contributed by atoms with Crippen molar-refractivity contribution < 1.29 is 23.9 Å². The highest BCUT2D eigenvalue weighted by molar-refractivity contribution is 6.30. The Balaban J connectivity index is 1.68. The Morgan fingerprint density at radius 2 is 1.69 bits per heavy atom. The van der Waals surface area contributed by atoms with Crippen molar-refractivity contribution in [2.24, 2.45) is 0 Å². The molecule has 0 saturated carbocycles. The average molecular weight is 422 g/mol. The lowest BCUT2D eigenvalue weighted by atomic mass is 10.0. The van der Waals surface area contributed by atoms with Crippen molar-refractivity contribution in [3.05, 3.63) is 34.9 Å². The molecular weight excluding hydrogens is 398 g/mol. The molecule has 1 saturated heterocycles. The Morgan fingerprint density at radius 3 is 2.31 bits per heavy atom. The number of methoxy groups -OCH3 is 1. The molecule has 0 aliphatic carbocycles. The fraction of sp³-hybridized carbons (Fsp3) is 0.500. The number of carbonyl (C=O) groups excluding carboxylic acids is 4. The Bertz CT molecular complexity index is 833. The van der Waals surface area contributed by atoms with Gasteiger partial charge in [-0.05, 0) is 31.5 Å². The van der Waals surface area contributed by atoms with Crippen LogP contribution in [0, 0.1) is 0 Å². The molecule has 3 rings (SSSR count). The molecule has 0 aromatic heterocycles. The van der Waals surface area contributed by atoms with Crippen LogP contribution in [0.15, 0.2) is 18.2 Å². The molecule has 8 nitrogen and oxygen atoms in total. The lowest BCUT2D eigenvalue weighted by Crippen LogP contribution is -2.52. The fourth-order valence-corrected chi connectivity index (χ4v) is 3.70. The van der Waals surface area contributed by atoms with Gasteiger partial charge in [0.05, 0.1) is 11.1 Å². The molecule has 0 radical (unpaired) electrons. The third kappa shape index (κ3) is 4.28. The SMILES string of the molecule is COCCCN1C(=O)c2ccc(C(=O)N3CCN(C(=O)C(C)Cl)CC3)cc2C1=O. The minimum Gasteiger partial charge on any atom is -0.385 e. The maximum absolute atomic E-state index is 12.9. The van der Waals surface area contributed by atoms with Gasteiger partial charge in [-0.15, -0.1) is 11.6 Å². The third-order valence-corrected chi connectivity index (χ3v) is 5.35. The predicted octanol–water partition coefficient (Wildman–Crippen LogP) is 1.23. The summed E-state index contributed by atoms with van der Waals surface area (Å²) in [5, 5.41) is -0.593. The number of imide groups is 1. The van der Waals surface area contributed by atoms with E-state index in [0.29, 0.717) is 50.3 Å². The summed E-state index contributed by atoms with van der Waals surface area (Å²) in [6.07, 6.45) is 0.553. The number of rotatable bonds is 6. The molecule has 0 bridgehead atoms. The van der Waals surface area contributed by atoms with Crippen LogP contribution in [-0.2, 0) is 9.53 Å². The first-order valence-corrected chi connectivity index (χ1v) is 10.00. The van der Waals surface area contributed by atoms with Gasteiger partial charge < -0.3 is 14.5 Å². The lowest BCUT2D eigenvalue weighted by Gasteiger charge is -2.35. The van der Waals surface area contributed by atoms with Crippen LogP contribution in [0.1, 0.15) is 44.4 Å². The number of benzene rings is 1. The van der Waals surface area contributed by atoms with Crippen LogP contribution in [0.2, 0.25) is 0 Å². The van der Waals surface area contributed by atoms with Gasteiger partial charge in [-0.2, -0.15) is 0 Å². The molecule has 0 N–H and O–H groups in total. The molecule has 2 aliphatic rings. The number of halogens is 1. The van der Waals surface area contributed by atoms with Crippen molar-refractivity contribution in [1.82, 2.24) is 14.7 Å². The summed E-state index contributed by atoms with van der Waals surface area (Å²) in [6.45, 7) is 3.96. The summed E-state index contributed by atoms with van der Waals surface area (Å²) in [4.78, 5) is 54.4. The van der Waals surface area contributed by atoms with E-state index in [-0.39, 0.29) is 35.7 Å². The second kappa shape index (κ2) is 8.92. The van der Waals surface area contributed by atoms with E-state index in [1.807, 2.05) is 0 Å². The van der Waals surface area contributed by atoms with Gasteiger partial charge in [0, 0.05) is 52.0 Å². The fourth-order valence-electron chi connectivity index (χ4n) is 3.56. The van der Waals surface area contributed by atoms with E-state index in [1.165, 1.54) is 17.0 Å². The van der Waals surface area contributed by atoms with E-state index in [4.69, 9.17) is 16.3 Å². The zero-order valence-electron chi connectivity index (χ0n) is 16.5. The monoisotopic (exact) mass is 421 g/mol. The van der Waals surface area contributed by atoms with Crippen molar-refractivity contribution in [3.63, 3.8) is 0 Å². The molecule has 1 aromatic carbocycles. The molecule has 0 spiro atoms. The van der Waals surface area contributed by atoms with Gasteiger partial charge in [-0.25, -0.2) is 0 Å². The smallest absolute Gasteiger partial charge is 0.261 e. The van der Waals surface area contributed by atoms with Crippen molar-refractivity contribution >= 4 is 35.2 Å². The Labute approximate surface area is 174 Å². The topological polar surface area (TPSA) is 87.2 Å². The maximum Gasteiger partial charge on any atom is 0.261 e. The number of fused-ring (bicyclic) bond motifs is 1. The van der Waals surface area contributed by atoms with Gasteiger partial charge in [0.15, 0.2) is 0 Å². The summed E-state index contributed by atoms with van der Waals surface area (Å²) in [5.41, 5.74) is 0.924. The second-order valence-electron chi connectivity index (χ2n) is 7.10. The first kappa shape index (κ1) is 21.3. The minimum absolute atomic E-state index is 0.144. The zero-order valence-corrected chi connectivity index (χ0v) is 17.3. The van der Waals surface area contributed by atoms with Gasteiger partial charge in [-0.1, -0.05) is 0 Å². The van der Waals surface area contributed by atoms with Gasteiger partial charge >= 0.3 is 0 Å². The summed E-state index contributed by atoms with van der Waals surface area (Å²) >= 11 is 5.85. The van der Waals surface area contributed by atoms with Crippen LogP contribution >= 0.6 is 11.6 Å². The molecule has 156 valence electrons. The van der Waals surface area contributed by atoms with Crippen LogP contribution in [-0.4, -0.2) is 90.1 Å². The first-order chi connectivity index (χ1) is 13.8. The highest BCUT2D eigenvalue weighted by Gasteiger charge is 2.36. The van der Waals surface area contributed by atoms with Crippen molar-refractivity contribution in [1.29, 1.82) is 0 Å². The Hall–Kier alpha value is -2.45. The molecule has 9 heteroatoms. The maximum atomic E-state index is 12.9. The van der Waals surface area contributed by atoms with E-state index in [2.05, 4.69) is 0 Å². The van der Waals surface area contributed by atoms with E-state index in [1.54, 1.807) is 29.9 Å². The molecule has 1 fully saturated rings. The number of amides is 4. The number of hydrogen-bond donors (Lipinski definition) is 0. The number of piperazine rings is 1. The van der Waals surface area contributed by atoms with Crippen molar-refractivity contribution in [2.75, 3.05) is 46.4 Å². The van der Waals surface area contributed by atoms with E-state index in [0.717, 1.165) is 0 Å². The van der Waals surface area contributed by atoms with E-state index >= 15 is 0 Å². The minimum atomic E-state index is -0.593. The van der Waals surface area contributed by atoms with Gasteiger partial charge in [0.2, 0.25) is 5.91 Å². The molecule has 4 amide bonds. The molecule has 1 atom stereocenters. The number of hydrogen-bond acceptors (Lipinski definition) is 5. The molecular formula is C20H24ClN3O5. The van der Waals surface area contributed by atoms with Crippen LogP contribution in [0.4, 0.5) is 0 Å². The summed E-state index contributed by atoms with van der Waals surface area (Å²) in [5.74, 6) is -1.10. The molecule has 2 heterocycles. The third-order valence-electron chi connectivity index (χ3n) is 5.17. The summed E-state index contributed by atoms with van der Waals surface area (Å²) in [7, 11) is 1.56. The predicted molar refractivity (Wildman–Crippen MR) is 106 cm³/mol. The normalized spacial score (nSPS) is 17.6. The van der Waals surface area contributed by atoms with Crippen LogP contribution < -0.4 is 0 Å². The summed E-state index contributed by atoms with van der Waals surface area (Å²) < 4.78 is 4.97. The van der Waals surface area contributed by atoms with Crippen LogP contribution in [0.5, 0.6) is 0 Å². The molecule has 1 aromatic rings. The van der Waals surface area contributed by atoms with Crippen molar-refractivity contribution in [2.45, 2.75) is 18.7 Å². The van der Waals surface area contributed by atoms with Crippen LogP contribution in [0.25, 0.3) is 0 Å². The molecule has 2 aliphatic heterocycles. The van der Waals surface area contributed by atoms with Crippen molar-refractivity contribution in [3.8, 4) is 0 Å². The highest BCUT2D eigenvalue weighted by atomic mass is 35.5. The van der Waals surface area contributed by atoms with Gasteiger partial charge in [-0.3, -0.25) is 24.1 Å². The average Bonchev–Trinajstić information content (AvgIpc) is 2.97. The van der Waals surface area contributed by atoms with Gasteiger partial charge in [0.25, 0.3) is 17.7 Å². The van der Waals surface area contributed by atoms with E-state index in [9.17, 15) is 19.2 Å². The number of alkyl halides is 1. The molecule has 29 heavy (non-hydrogen) atoms. The Kier molecular flexibility index (Phi) is 6.54. The first-order valence-electron chi connectivity index (χ1n) is 9.56. The summed E-state index contributed by atoms with van der Waals surface area (Å²) in [6, 6.07) is 4.60. The second-order valence-corrected chi connectivity index (χ2v) is 7.76. The lowest BCUT2D eigenvalue weighted by molar-refractivity contribution is -0.131. The number of nitrogens with zero attached hydrogens (tertiary/aromatic N) is 3. The zero-order chi connectivity index (χ0) is 21.1.